The molecule has 0 aromatic carbocycles. The van der Waals surface area contributed by atoms with Crippen LogP contribution < -0.4 is 5.32 Å². The van der Waals surface area contributed by atoms with Gasteiger partial charge in [0.05, 0.1) is 12.8 Å². The molecule has 2 saturated heterocycles. The van der Waals surface area contributed by atoms with Crippen LogP contribution in [-0.4, -0.2) is 46.3 Å². The minimum atomic E-state index is -0.871. The number of nitrogens with one attached hydrogen (secondary N) is 1. The Labute approximate surface area is 172 Å². The second-order valence-electron chi connectivity index (χ2n) is 8.49. The molecule has 3 rings (SSSR count). The average molecular weight is 404 g/mol. The van der Waals surface area contributed by atoms with Gasteiger partial charge in [-0.05, 0) is 43.2 Å². The first-order valence-corrected chi connectivity index (χ1v) is 10.9. The van der Waals surface area contributed by atoms with Gasteiger partial charge in [0, 0.05) is 19.5 Å². The SMILES string of the molecule is CCC[C@]1(C2CCN(C(=O)C[C@H](C)CC)CC2)NC(=O)N(Cc2ccco2)C1=O. The standard InChI is InChI=1S/C22H33N3O4/c1-4-10-22(17-8-11-24(12-9-17)19(26)14-16(3)5-2)20(27)25(21(28)23-22)15-18-7-6-13-29-18/h6-7,13,16-17H,4-5,8-12,14-15H2,1-3H3,(H,23,28)/t16-,22-/m1/s1. The zero-order valence-corrected chi connectivity index (χ0v) is 17.8. The number of hydrogen-bond donors (Lipinski definition) is 1. The quantitative estimate of drug-likeness (QED) is 0.673. The molecule has 0 spiro atoms. The molecule has 29 heavy (non-hydrogen) atoms. The highest BCUT2D eigenvalue weighted by molar-refractivity contribution is 6.07. The number of furan rings is 1. The van der Waals surface area contributed by atoms with Gasteiger partial charge in [-0.25, -0.2) is 4.79 Å². The molecule has 7 heteroatoms. The summed E-state index contributed by atoms with van der Waals surface area (Å²) in [6.45, 7) is 7.67. The van der Waals surface area contributed by atoms with Crippen LogP contribution in [-0.2, 0) is 16.1 Å². The Morgan fingerprint density at radius 3 is 2.62 bits per heavy atom. The molecule has 0 aliphatic carbocycles. The number of hydrogen-bond acceptors (Lipinski definition) is 4. The number of rotatable bonds is 8. The number of carbonyl (C=O) groups excluding carboxylic acids is 3. The average Bonchev–Trinajstić information content (AvgIpc) is 3.31. The van der Waals surface area contributed by atoms with Crippen LogP contribution in [0.3, 0.4) is 0 Å². The predicted octanol–water partition coefficient (Wildman–Crippen LogP) is 3.55. The Morgan fingerprint density at radius 2 is 2.03 bits per heavy atom. The van der Waals surface area contributed by atoms with Gasteiger partial charge in [0.1, 0.15) is 11.3 Å². The Kier molecular flexibility index (Phi) is 6.65. The van der Waals surface area contributed by atoms with Gasteiger partial charge in [0.15, 0.2) is 0 Å². The lowest BCUT2D eigenvalue weighted by Gasteiger charge is -2.41. The van der Waals surface area contributed by atoms with Crippen LogP contribution in [0.5, 0.6) is 0 Å². The molecule has 0 bridgehead atoms. The fourth-order valence-electron chi connectivity index (χ4n) is 4.58. The van der Waals surface area contributed by atoms with Crippen molar-refractivity contribution in [1.29, 1.82) is 0 Å². The maximum absolute atomic E-state index is 13.4. The van der Waals surface area contributed by atoms with Gasteiger partial charge in [-0.1, -0.05) is 33.6 Å². The minimum Gasteiger partial charge on any atom is -0.467 e. The summed E-state index contributed by atoms with van der Waals surface area (Å²) in [6.07, 6.45) is 5.98. The molecule has 1 aromatic rings. The first-order valence-electron chi connectivity index (χ1n) is 10.9. The Morgan fingerprint density at radius 1 is 1.31 bits per heavy atom. The lowest BCUT2D eigenvalue weighted by molar-refractivity contribution is -0.137. The van der Waals surface area contributed by atoms with Crippen molar-refractivity contribution < 1.29 is 18.8 Å². The largest absolute Gasteiger partial charge is 0.467 e. The highest BCUT2D eigenvalue weighted by atomic mass is 16.3. The molecule has 1 N–H and O–H groups in total. The van der Waals surface area contributed by atoms with Gasteiger partial charge in [0.2, 0.25) is 5.91 Å². The van der Waals surface area contributed by atoms with Crippen molar-refractivity contribution in [2.45, 2.75) is 71.4 Å². The maximum Gasteiger partial charge on any atom is 0.325 e. The van der Waals surface area contributed by atoms with E-state index in [1.165, 1.54) is 4.90 Å². The highest BCUT2D eigenvalue weighted by Crippen LogP contribution is 2.37. The topological polar surface area (TPSA) is 82.9 Å². The van der Waals surface area contributed by atoms with Crippen molar-refractivity contribution >= 4 is 17.8 Å². The van der Waals surface area contributed by atoms with Gasteiger partial charge >= 0.3 is 6.03 Å². The minimum absolute atomic E-state index is 0.0353. The van der Waals surface area contributed by atoms with Gasteiger partial charge in [0.25, 0.3) is 5.91 Å². The van der Waals surface area contributed by atoms with E-state index < -0.39 is 5.54 Å². The van der Waals surface area contributed by atoms with Gasteiger partial charge in [-0.2, -0.15) is 0 Å². The molecule has 2 fully saturated rings. The molecule has 2 aliphatic rings. The van der Waals surface area contributed by atoms with E-state index in [1.54, 1.807) is 18.4 Å². The van der Waals surface area contributed by atoms with Crippen LogP contribution in [0.2, 0.25) is 0 Å². The second kappa shape index (κ2) is 9.01. The number of imide groups is 1. The molecule has 2 aliphatic heterocycles. The van der Waals surface area contributed by atoms with E-state index in [1.807, 2.05) is 11.8 Å². The third-order valence-corrected chi connectivity index (χ3v) is 6.50. The van der Waals surface area contributed by atoms with E-state index >= 15 is 0 Å². The third-order valence-electron chi connectivity index (χ3n) is 6.50. The normalized spacial score (nSPS) is 24.1. The van der Waals surface area contributed by atoms with Crippen LogP contribution in [0, 0.1) is 11.8 Å². The van der Waals surface area contributed by atoms with E-state index in [2.05, 4.69) is 19.2 Å². The molecule has 0 unspecified atom stereocenters. The highest BCUT2D eigenvalue weighted by Gasteiger charge is 2.55. The number of nitrogens with zero attached hydrogens (tertiary/aromatic N) is 2. The van der Waals surface area contributed by atoms with E-state index in [0.717, 1.165) is 25.7 Å². The lowest BCUT2D eigenvalue weighted by Crippen LogP contribution is -2.56. The fourth-order valence-corrected chi connectivity index (χ4v) is 4.58. The first-order chi connectivity index (χ1) is 13.9. The van der Waals surface area contributed by atoms with Crippen LogP contribution in [0.25, 0.3) is 0 Å². The number of carbonyl (C=O) groups is 3. The molecular formula is C22H33N3O4. The van der Waals surface area contributed by atoms with Gasteiger partial charge in [-0.15, -0.1) is 0 Å². The molecule has 0 radical (unpaired) electrons. The second-order valence-corrected chi connectivity index (χ2v) is 8.49. The Bertz CT molecular complexity index is 724. The van der Waals surface area contributed by atoms with Crippen LogP contribution in [0.15, 0.2) is 22.8 Å². The van der Waals surface area contributed by atoms with E-state index in [0.29, 0.717) is 37.6 Å². The molecule has 1 aromatic heterocycles. The predicted molar refractivity (Wildman–Crippen MR) is 109 cm³/mol. The molecule has 160 valence electrons. The van der Waals surface area contributed by atoms with Crippen LogP contribution in [0.1, 0.15) is 65.1 Å². The molecule has 3 heterocycles. The molecule has 7 nitrogen and oxygen atoms in total. The van der Waals surface area contributed by atoms with Crippen molar-refractivity contribution in [3.8, 4) is 0 Å². The summed E-state index contributed by atoms with van der Waals surface area (Å²) in [6, 6.07) is 3.16. The zero-order chi connectivity index (χ0) is 21.0. The van der Waals surface area contributed by atoms with Crippen molar-refractivity contribution in [3.63, 3.8) is 0 Å². The smallest absolute Gasteiger partial charge is 0.325 e. The van der Waals surface area contributed by atoms with Gasteiger partial charge < -0.3 is 14.6 Å². The number of likely N-dealkylation sites (tertiary alicyclic amines) is 1. The zero-order valence-electron chi connectivity index (χ0n) is 17.8. The van der Waals surface area contributed by atoms with Crippen molar-refractivity contribution in [2.75, 3.05) is 13.1 Å². The number of amides is 4. The summed E-state index contributed by atoms with van der Waals surface area (Å²) in [5.74, 6) is 1.05. The Balaban J connectivity index is 1.69. The summed E-state index contributed by atoms with van der Waals surface area (Å²) in [5, 5.41) is 3.03. The van der Waals surface area contributed by atoms with E-state index in [4.69, 9.17) is 4.42 Å². The fraction of sp³-hybridized carbons (Fsp3) is 0.682. The van der Waals surface area contributed by atoms with Crippen LogP contribution >= 0.6 is 0 Å². The summed E-state index contributed by atoms with van der Waals surface area (Å²) in [5.41, 5.74) is -0.871. The molecular weight excluding hydrogens is 370 g/mol. The maximum atomic E-state index is 13.4. The van der Waals surface area contributed by atoms with Crippen molar-refractivity contribution in [2.24, 2.45) is 11.8 Å². The van der Waals surface area contributed by atoms with E-state index in [-0.39, 0.29) is 30.3 Å². The Hall–Kier alpha value is -2.31. The van der Waals surface area contributed by atoms with Crippen molar-refractivity contribution in [3.05, 3.63) is 24.2 Å². The molecule has 2 atom stereocenters. The summed E-state index contributed by atoms with van der Waals surface area (Å²) in [4.78, 5) is 41.7. The van der Waals surface area contributed by atoms with Crippen LogP contribution in [0.4, 0.5) is 4.79 Å². The monoisotopic (exact) mass is 403 g/mol. The number of piperidine rings is 1. The summed E-state index contributed by atoms with van der Waals surface area (Å²) < 4.78 is 5.33. The van der Waals surface area contributed by atoms with E-state index in [9.17, 15) is 14.4 Å². The lowest BCUT2D eigenvalue weighted by atomic mass is 9.74. The number of urea groups is 1. The molecule has 0 saturated carbocycles. The summed E-state index contributed by atoms with van der Waals surface area (Å²) in [7, 11) is 0. The first kappa shape index (κ1) is 21.4. The molecule has 4 amide bonds. The van der Waals surface area contributed by atoms with Gasteiger partial charge in [-0.3, -0.25) is 14.5 Å². The summed E-state index contributed by atoms with van der Waals surface area (Å²) >= 11 is 0. The third kappa shape index (κ3) is 4.33. The van der Waals surface area contributed by atoms with Crippen molar-refractivity contribution in [1.82, 2.24) is 15.1 Å².